The van der Waals surface area contributed by atoms with Gasteiger partial charge in [-0.2, -0.15) is 0 Å². The minimum atomic E-state index is -0.233. The van der Waals surface area contributed by atoms with Crippen LogP contribution in [0.1, 0.15) is 47.4 Å². The van der Waals surface area contributed by atoms with Crippen molar-refractivity contribution in [3.05, 3.63) is 59.7 Å². The zero-order chi connectivity index (χ0) is 19.2. The fourth-order valence-corrected chi connectivity index (χ4v) is 3.22. The fraction of sp³-hybridized carbons (Fsp3) is 0.364. The maximum absolute atomic E-state index is 12.6. The molecule has 0 atom stereocenters. The quantitative estimate of drug-likeness (QED) is 0.862. The van der Waals surface area contributed by atoms with Gasteiger partial charge in [0.2, 0.25) is 0 Å². The van der Waals surface area contributed by atoms with Gasteiger partial charge in [0.05, 0.1) is 12.2 Å². The Morgan fingerprint density at radius 3 is 2.41 bits per heavy atom. The van der Waals surface area contributed by atoms with Crippen LogP contribution in [0, 0.1) is 5.92 Å². The van der Waals surface area contributed by atoms with Crippen LogP contribution in [-0.4, -0.2) is 36.4 Å². The molecule has 3 rings (SSSR count). The largest absolute Gasteiger partial charge is 0.493 e. The number of carbonyl (C=O) groups is 2. The van der Waals surface area contributed by atoms with Gasteiger partial charge in [0.15, 0.2) is 0 Å². The third-order valence-corrected chi connectivity index (χ3v) is 4.89. The van der Waals surface area contributed by atoms with E-state index in [2.05, 4.69) is 12.2 Å². The first-order chi connectivity index (χ1) is 13.1. The highest BCUT2D eigenvalue weighted by Crippen LogP contribution is 2.21. The third kappa shape index (κ3) is 4.67. The first kappa shape index (κ1) is 19.0. The lowest BCUT2D eigenvalue weighted by molar-refractivity contribution is 0.0697. The molecule has 1 fully saturated rings. The Kier molecular flexibility index (Phi) is 6.12. The lowest BCUT2D eigenvalue weighted by Gasteiger charge is -2.30. The molecule has 0 aliphatic carbocycles. The summed E-state index contributed by atoms with van der Waals surface area (Å²) in [5, 5.41) is 2.86. The van der Waals surface area contributed by atoms with Gasteiger partial charge < -0.3 is 15.0 Å². The summed E-state index contributed by atoms with van der Waals surface area (Å²) < 4.78 is 5.51. The van der Waals surface area contributed by atoms with E-state index in [9.17, 15) is 9.59 Å². The number of likely N-dealkylation sites (tertiary alicyclic amines) is 1. The molecular formula is C22H26N2O3. The van der Waals surface area contributed by atoms with Gasteiger partial charge in [0, 0.05) is 24.3 Å². The molecule has 1 aliphatic rings. The lowest BCUT2D eigenvalue weighted by Crippen LogP contribution is -2.37. The third-order valence-electron chi connectivity index (χ3n) is 4.89. The van der Waals surface area contributed by atoms with Crippen LogP contribution in [0.3, 0.4) is 0 Å². The molecule has 1 N–H and O–H groups in total. The minimum Gasteiger partial charge on any atom is -0.493 e. The molecule has 2 aromatic rings. The van der Waals surface area contributed by atoms with Crippen LogP contribution in [0.15, 0.2) is 48.5 Å². The van der Waals surface area contributed by atoms with Gasteiger partial charge >= 0.3 is 0 Å². The molecule has 0 saturated carbocycles. The number of hydrogen-bond acceptors (Lipinski definition) is 3. The van der Waals surface area contributed by atoms with Gasteiger partial charge in [-0.1, -0.05) is 19.1 Å². The number of hydrogen-bond donors (Lipinski definition) is 1. The Bertz CT molecular complexity index is 793. The van der Waals surface area contributed by atoms with Crippen LogP contribution in [0.2, 0.25) is 0 Å². The van der Waals surface area contributed by atoms with Crippen molar-refractivity contribution < 1.29 is 14.3 Å². The molecule has 142 valence electrons. The van der Waals surface area contributed by atoms with Gasteiger partial charge in [-0.15, -0.1) is 0 Å². The van der Waals surface area contributed by atoms with Crippen LogP contribution >= 0.6 is 0 Å². The SMILES string of the molecule is CCOc1ccccc1C(=O)Nc1ccc(C(=O)N2CCC(C)CC2)cc1. The van der Waals surface area contributed by atoms with Crippen molar-refractivity contribution >= 4 is 17.5 Å². The molecule has 0 spiro atoms. The van der Waals surface area contributed by atoms with Gasteiger partial charge in [0.1, 0.15) is 5.75 Å². The predicted octanol–water partition coefficient (Wildman–Crippen LogP) is 4.21. The molecule has 0 unspecified atom stereocenters. The maximum atomic E-state index is 12.6. The van der Waals surface area contributed by atoms with E-state index in [4.69, 9.17) is 4.74 Å². The molecule has 5 nitrogen and oxygen atoms in total. The van der Waals surface area contributed by atoms with Gasteiger partial charge in [0.25, 0.3) is 11.8 Å². The number of carbonyl (C=O) groups excluding carboxylic acids is 2. The Balaban J connectivity index is 1.65. The number of amides is 2. The summed E-state index contributed by atoms with van der Waals surface area (Å²) in [6, 6.07) is 14.2. The Hall–Kier alpha value is -2.82. The van der Waals surface area contributed by atoms with Crippen molar-refractivity contribution in [1.82, 2.24) is 4.90 Å². The highest BCUT2D eigenvalue weighted by molar-refractivity contribution is 6.06. The van der Waals surface area contributed by atoms with Crippen molar-refractivity contribution in [2.75, 3.05) is 25.0 Å². The smallest absolute Gasteiger partial charge is 0.259 e. The Morgan fingerprint density at radius 2 is 1.74 bits per heavy atom. The number of piperidine rings is 1. The number of nitrogens with one attached hydrogen (secondary N) is 1. The van der Waals surface area contributed by atoms with Crippen molar-refractivity contribution in [2.45, 2.75) is 26.7 Å². The summed E-state index contributed by atoms with van der Waals surface area (Å²) >= 11 is 0. The molecule has 1 saturated heterocycles. The molecule has 1 heterocycles. The zero-order valence-electron chi connectivity index (χ0n) is 15.9. The average molecular weight is 366 g/mol. The second kappa shape index (κ2) is 8.71. The summed E-state index contributed by atoms with van der Waals surface area (Å²) in [7, 11) is 0. The molecule has 2 aromatic carbocycles. The van der Waals surface area contributed by atoms with E-state index >= 15 is 0 Å². The van der Waals surface area contributed by atoms with Gasteiger partial charge in [-0.3, -0.25) is 9.59 Å². The van der Waals surface area contributed by atoms with E-state index in [1.165, 1.54) is 0 Å². The van der Waals surface area contributed by atoms with Crippen LogP contribution in [0.5, 0.6) is 5.75 Å². The van der Waals surface area contributed by atoms with E-state index in [0.29, 0.717) is 35.1 Å². The molecule has 0 radical (unpaired) electrons. The highest BCUT2D eigenvalue weighted by Gasteiger charge is 2.21. The zero-order valence-corrected chi connectivity index (χ0v) is 15.9. The lowest BCUT2D eigenvalue weighted by atomic mass is 9.98. The molecule has 0 aromatic heterocycles. The van der Waals surface area contributed by atoms with E-state index in [-0.39, 0.29) is 11.8 Å². The van der Waals surface area contributed by atoms with Crippen LogP contribution in [0.4, 0.5) is 5.69 Å². The molecular weight excluding hydrogens is 340 g/mol. The minimum absolute atomic E-state index is 0.0569. The number of ether oxygens (including phenoxy) is 1. The van der Waals surface area contributed by atoms with Crippen LogP contribution in [-0.2, 0) is 0 Å². The van der Waals surface area contributed by atoms with E-state index < -0.39 is 0 Å². The number of benzene rings is 2. The first-order valence-electron chi connectivity index (χ1n) is 9.51. The van der Waals surface area contributed by atoms with Crippen molar-refractivity contribution in [3.63, 3.8) is 0 Å². The molecule has 1 aliphatic heterocycles. The van der Waals surface area contributed by atoms with E-state index in [1.807, 2.05) is 17.9 Å². The van der Waals surface area contributed by atoms with Gasteiger partial charge in [-0.05, 0) is 62.1 Å². The van der Waals surface area contributed by atoms with Crippen molar-refractivity contribution in [3.8, 4) is 5.75 Å². The second-order valence-corrected chi connectivity index (χ2v) is 6.94. The maximum Gasteiger partial charge on any atom is 0.259 e. The molecule has 0 bridgehead atoms. The first-order valence-corrected chi connectivity index (χ1v) is 9.51. The number of nitrogens with zero attached hydrogens (tertiary/aromatic N) is 1. The summed E-state index contributed by atoms with van der Waals surface area (Å²) in [5.41, 5.74) is 1.79. The average Bonchev–Trinajstić information content (AvgIpc) is 2.69. The Labute approximate surface area is 160 Å². The van der Waals surface area contributed by atoms with E-state index in [1.54, 1.807) is 42.5 Å². The van der Waals surface area contributed by atoms with Crippen molar-refractivity contribution in [1.29, 1.82) is 0 Å². The summed E-state index contributed by atoms with van der Waals surface area (Å²) in [4.78, 5) is 27.0. The molecule has 2 amide bonds. The second-order valence-electron chi connectivity index (χ2n) is 6.94. The predicted molar refractivity (Wildman–Crippen MR) is 106 cm³/mol. The van der Waals surface area contributed by atoms with Crippen molar-refractivity contribution in [2.24, 2.45) is 5.92 Å². The summed E-state index contributed by atoms with van der Waals surface area (Å²) in [5.74, 6) is 1.07. The van der Waals surface area contributed by atoms with Gasteiger partial charge in [-0.25, -0.2) is 0 Å². The number of para-hydroxylation sites is 1. The highest BCUT2D eigenvalue weighted by atomic mass is 16.5. The summed E-state index contributed by atoms with van der Waals surface area (Å²) in [6.07, 6.45) is 2.11. The topological polar surface area (TPSA) is 58.6 Å². The molecule has 5 heteroatoms. The molecule has 27 heavy (non-hydrogen) atoms. The van der Waals surface area contributed by atoms with Crippen LogP contribution in [0.25, 0.3) is 0 Å². The number of rotatable bonds is 5. The van der Waals surface area contributed by atoms with E-state index in [0.717, 1.165) is 25.9 Å². The normalized spacial score (nSPS) is 14.7. The van der Waals surface area contributed by atoms with Crippen LogP contribution < -0.4 is 10.1 Å². The Morgan fingerprint density at radius 1 is 1.07 bits per heavy atom. The standard InChI is InChI=1S/C22H26N2O3/c1-3-27-20-7-5-4-6-19(20)21(25)23-18-10-8-17(9-11-18)22(26)24-14-12-16(2)13-15-24/h4-11,16H,3,12-15H2,1-2H3,(H,23,25). The monoisotopic (exact) mass is 366 g/mol. The summed E-state index contributed by atoms with van der Waals surface area (Å²) in [6.45, 7) is 6.23. The fourth-order valence-electron chi connectivity index (χ4n) is 3.22. The number of anilines is 1.